The molecule has 0 aliphatic heterocycles. The molecule has 2 aromatic carbocycles. The Morgan fingerprint density at radius 1 is 1.24 bits per heavy atom. The van der Waals surface area contributed by atoms with Crippen molar-refractivity contribution in [1.29, 1.82) is 0 Å². The van der Waals surface area contributed by atoms with Crippen LogP contribution in [0.1, 0.15) is 16.2 Å². The molecule has 0 unspecified atom stereocenters. The molecule has 2 aromatic heterocycles. The van der Waals surface area contributed by atoms with Crippen LogP contribution in [0, 0.1) is 12.7 Å². The fourth-order valence-corrected chi connectivity index (χ4v) is 2.57. The lowest BCUT2D eigenvalue weighted by Crippen LogP contribution is -2.12. The first-order valence-corrected chi connectivity index (χ1v) is 7.57. The maximum atomic E-state index is 13.4. The Labute approximate surface area is 141 Å². The fourth-order valence-electron chi connectivity index (χ4n) is 2.57. The summed E-state index contributed by atoms with van der Waals surface area (Å²) in [6, 6.07) is 11.5. The molecule has 2 N–H and O–H groups in total. The summed E-state index contributed by atoms with van der Waals surface area (Å²) >= 11 is 0. The number of carbonyl (C=O) groups excluding carboxylic acids is 1. The third-order valence-electron chi connectivity index (χ3n) is 3.79. The Kier molecular flexibility index (Phi) is 3.53. The van der Waals surface area contributed by atoms with Crippen molar-refractivity contribution in [3.05, 3.63) is 66.1 Å². The number of anilines is 1. The van der Waals surface area contributed by atoms with Crippen LogP contribution < -0.4 is 5.32 Å². The number of H-pyrrole nitrogens is 1. The Bertz CT molecular complexity index is 1080. The van der Waals surface area contributed by atoms with Crippen LogP contribution in [0.4, 0.5) is 10.1 Å². The number of imidazole rings is 1. The minimum Gasteiger partial charge on any atom is -0.438 e. The number of rotatable bonds is 3. The number of aromatic nitrogens is 3. The summed E-state index contributed by atoms with van der Waals surface area (Å²) in [6.07, 6.45) is 1.23. The smallest absolute Gasteiger partial charge is 0.293 e. The molecule has 124 valence electrons. The maximum absolute atomic E-state index is 13.4. The van der Waals surface area contributed by atoms with Crippen LogP contribution in [0.2, 0.25) is 0 Å². The van der Waals surface area contributed by atoms with Gasteiger partial charge in [-0.05, 0) is 37.3 Å². The Morgan fingerprint density at radius 2 is 2.12 bits per heavy atom. The number of halogens is 1. The van der Waals surface area contributed by atoms with E-state index in [0.29, 0.717) is 28.3 Å². The first-order chi connectivity index (χ1) is 12.1. The van der Waals surface area contributed by atoms with E-state index in [4.69, 9.17) is 4.42 Å². The highest BCUT2D eigenvalue weighted by Gasteiger charge is 2.14. The zero-order valence-corrected chi connectivity index (χ0v) is 13.2. The van der Waals surface area contributed by atoms with Gasteiger partial charge in [0.2, 0.25) is 5.76 Å². The molecule has 2 heterocycles. The quantitative estimate of drug-likeness (QED) is 0.594. The maximum Gasteiger partial charge on any atom is 0.293 e. The molecule has 0 saturated carbocycles. The van der Waals surface area contributed by atoms with Crippen LogP contribution in [-0.2, 0) is 0 Å². The van der Waals surface area contributed by atoms with Crippen LogP contribution in [-0.4, -0.2) is 20.9 Å². The fraction of sp³-hybridized carbons (Fsp3) is 0.0556. The number of amides is 1. The van der Waals surface area contributed by atoms with Crippen molar-refractivity contribution in [2.45, 2.75) is 6.92 Å². The third-order valence-corrected chi connectivity index (χ3v) is 3.79. The second-order valence-corrected chi connectivity index (χ2v) is 5.55. The largest absolute Gasteiger partial charge is 0.438 e. The zero-order chi connectivity index (χ0) is 17.4. The van der Waals surface area contributed by atoms with E-state index < -0.39 is 0 Å². The number of nitrogens with zero attached hydrogens (tertiary/aromatic N) is 2. The number of fused-ring (bicyclic) bond motifs is 1. The molecular formula is C18H13FN4O2. The average Bonchev–Trinajstić information content (AvgIpc) is 3.20. The van der Waals surface area contributed by atoms with Crippen molar-refractivity contribution >= 4 is 22.6 Å². The van der Waals surface area contributed by atoms with Crippen molar-refractivity contribution in [1.82, 2.24) is 15.0 Å². The van der Waals surface area contributed by atoms with E-state index in [0.717, 1.165) is 5.52 Å². The number of oxazole rings is 1. The predicted molar refractivity (Wildman–Crippen MR) is 90.7 cm³/mol. The third kappa shape index (κ3) is 2.87. The minimum absolute atomic E-state index is 0.171. The van der Waals surface area contributed by atoms with Crippen LogP contribution in [0.15, 0.2) is 53.3 Å². The van der Waals surface area contributed by atoms with Gasteiger partial charge >= 0.3 is 0 Å². The molecule has 0 aliphatic carbocycles. The van der Waals surface area contributed by atoms with E-state index in [9.17, 15) is 9.18 Å². The topological polar surface area (TPSA) is 83.8 Å². The second-order valence-electron chi connectivity index (χ2n) is 5.55. The average molecular weight is 336 g/mol. The van der Waals surface area contributed by atoms with E-state index >= 15 is 0 Å². The first-order valence-electron chi connectivity index (χ1n) is 7.57. The number of benzene rings is 2. The second kappa shape index (κ2) is 5.86. The summed E-state index contributed by atoms with van der Waals surface area (Å²) in [4.78, 5) is 23.7. The van der Waals surface area contributed by atoms with E-state index in [1.807, 2.05) is 0 Å². The molecule has 0 spiro atoms. The summed E-state index contributed by atoms with van der Waals surface area (Å²) in [5.41, 5.74) is 3.20. The number of aromatic amines is 1. The van der Waals surface area contributed by atoms with Crippen molar-refractivity contribution in [2.75, 3.05) is 5.32 Å². The van der Waals surface area contributed by atoms with Gasteiger partial charge in [0.25, 0.3) is 5.91 Å². The highest BCUT2D eigenvalue weighted by molar-refractivity contribution is 6.03. The molecular weight excluding hydrogens is 323 g/mol. The number of aryl methyl sites for hydroxylation is 1. The van der Waals surface area contributed by atoms with Gasteiger partial charge in [-0.15, -0.1) is 0 Å². The van der Waals surface area contributed by atoms with E-state index in [-0.39, 0.29) is 17.5 Å². The number of hydrogen-bond donors (Lipinski definition) is 2. The number of nitrogens with one attached hydrogen (secondary N) is 2. The zero-order valence-electron chi connectivity index (χ0n) is 13.2. The van der Waals surface area contributed by atoms with E-state index in [1.165, 1.54) is 18.5 Å². The molecule has 4 rings (SSSR count). The normalized spacial score (nSPS) is 11.0. The van der Waals surface area contributed by atoms with Gasteiger partial charge in [-0.2, -0.15) is 0 Å². The molecule has 1 amide bonds. The van der Waals surface area contributed by atoms with Gasteiger partial charge in [-0.1, -0.05) is 12.1 Å². The molecule has 0 radical (unpaired) electrons. The van der Waals surface area contributed by atoms with Crippen molar-refractivity contribution < 1.29 is 13.6 Å². The molecule has 7 heteroatoms. The summed E-state index contributed by atoms with van der Waals surface area (Å²) in [5.74, 6) is 0.0294. The summed E-state index contributed by atoms with van der Waals surface area (Å²) in [7, 11) is 0. The lowest BCUT2D eigenvalue weighted by atomic mass is 10.2. The summed E-state index contributed by atoms with van der Waals surface area (Å²) in [6.45, 7) is 1.70. The Morgan fingerprint density at radius 3 is 2.88 bits per heavy atom. The molecule has 4 aromatic rings. The van der Waals surface area contributed by atoms with Gasteiger partial charge in [0, 0.05) is 11.3 Å². The van der Waals surface area contributed by atoms with Gasteiger partial charge in [-0.3, -0.25) is 4.79 Å². The minimum atomic E-state index is -0.376. The predicted octanol–water partition coefficient (Wildman–Crippen LogP) is 3.92. The van der Waals surface area contributed by atoms with Crippen molar-refractivity contribution in [3.63, 3.8) is 0 Å². The Balaban J connectivity index is 1.64. The SMILES string of the molecule is Cc1ncoc1C(=O)Nc1ccc2nc(-c3cccc(F)c3)[nH]c2c1. The molecule has 0 bridgehead atoms. The standard InChI is InChI=1S/C18H13FN4O2/c1-10-16(25-9-20-10)18(24)21-13-5-6-14-15(8-13)23-17(22-14)11-3-2-4-12(19)7-11/h2-9H,1H3,(H,21,24)(H,22,23). The van der Waals surface area contributed by atoms with Crippen LogP contribution in [0.25, 0.3) is 22.4 Å². The van der Waals surface area contributed by atoms with Gasteiger partial charge in [0.1, 0.15) is 11.6 Å². The van der Waals surface area contributed by atoms with E-state index in [1.54, 1.807) is 37.3 Å². The molecule has 0 atom stereocenters. The van der Waals surface area contributed by atoms with Crippen LogP contribution >= 0.6 is 0 Å². The van der Waals surface area contributed by atoms with Gasteiger partial charge in [-0.25, -0.2) is 14.4 Å². The van der Waals surface area contributed by atoms with Gasteiger partial charge < -0.3 is 14.7 Å². The summed E-state index contributed by atoms with van der Waals surface area (Å²) in [5, 5.41) is 2.75. The molecule has 0 saturated heterocycles. The molecule has 25 heavy (non-hydrogen) atoms. The van der Waals surface area contributed by atoms with Gasteiger partial charge in [0.15, 0.2) is 6.39 Å². The molecule has 0 aliphatic rings. The highest BCUT2D eigenvalue weighted by Crippen LogP contribution is 2.23. The Hall–Kier alpha value is -3.48. The number of carbonyl (C=O) groups is 1. The van der Waals surface area contributed by atoms with Crippen molar-refractivity contribution in [3.8, 4) is 11.4 Å². The van der Waals surface area contributed by atoms with Gasteiger partial charge in [0.05, 0.1) is 16.7 Å². The van der Waals surface area contributed by atoms with E-state index in [2.05, 4.69) is 20.3 Å². The summed E-state index contributed by atoms with van der Waals surface area (Å²) < 4.78 is 18.5. The first kappa shape index (κ1) is 15.1. The lowest BCUT2D eigenvalue weighted by Gasteiger charge is -2.03. The number of hydrogen-bond acceptors (Lipinski definition) is 4. The highest BCUT2D eigenvalue weighted by atomic mass is 19.1. The molecule has 6 nitrogen and oxygen atoms in total. The van der Waals surface area contributed by atoms with Crippen LogP contribution in [0.3, 0.4) is 0 Å². The monoisotopic (exact) mass is 336 g/mol. The van der Waals surface area contributed by atoms with Crippen LogP contribution in [0.5, 0.6) is 0 Å². The molecule has 0 fully saturated rings. The lowest BCUT2D eigenvalue weighted by molar-refractivity contribution is 0.0996. The van der Waals surface area contributed by atoms with Crippen molar-refractivity contribution in [2.24, 2.45) is 0 Å².